The molecule has 2 N–H and O–H groups in total. The van der Waals surface area contributed by atoms with Crippen molar-refractivity contribution < 1.29 is 0 Å². The van der Waals surface area contributed by atoms with Gasteiger partial charge in [-0.2, -0.15) is 0 Å². The number of hydrogen-bond donors (Lipinski definition) is 1. The van der Waals surface area contributed by atoms with E-state index in [0.29, 0.717) is 12.5 Å². The summed E-state index contributed by atoms with van der Waals surface area (Å²) in [5, 5.41) is 2.05. The fourth-order valence-corrected chi connectivity index (χ4v) is 3.21. The molecule has 4 heteroatoms. The lowest BCUT2D eigenvalue weighted by atomic mass is 9.91. The number of imidazole rings is 1. The third kappa shape index (κ3) is 2.41. The van der Waals surface area contributed by atoms with E-state index in [1.807, 2.05) is 11.6 Å². The summed E-state index contributed by atoms with van der Waals surface area (Å²) < 4.78 is 2.07. The topological polar surface area (TPSA) is 43.3 Å². The molecule has 0 spiro atoms. The molecule has 0 fully saturated rings. The third-order valence-corrected chi connectivity index (χ3v) is 4.28. The van der Waals surface area contributed by atoms with E-state index in [0.717, 1.165) is 17.1 Å². The third-order valence-electron chi connectivity index (χ3n) is 3.51. The smallest absolute Gasteiger partial charge is 0.193 e. The van der Waals surface area contributed by atoms with Crippen molar-refractivity contribution in [3.8, 4) is 0 Å². The number of thiazole rings is 1. The largest absolute Gasteiger partial charge is 0.330 e. The highest BCUT2D eigenvalue weighted by molar-refractivity contribution is 7.15. The average Bonchev–Trinajstić information content (AvgIpc) is 2.97. The summed E-state index contributed by atoms with van der Waals surface area (Å²) in [4.78, 5) is 5.69. The molecule has 0 saturated heterocycles. The first-order chi connectivity index (χ1) is 9.28. The van der Waals surface area contributed by atoms with Crippen LogP contribution in [0.1, 0.15) is 22.7 Å². The van der Waals surface area contributed by atoms with Gasteiger partial charge >= 0.3 is 0 Å². The molecule has 1 atom stereocenters. The van der Waals surface area contributed by atoms with Gasteiger partial charge in [-0.05, 0) is 31.0 Å². The maximum Gasteiger partial charge on any atom is 0.193 e. The van der Waals surface area contributed by atoms with Crippen LogP contribution in [0.3, 0.4) is 0 Å². The average molecular weight is 271 g/mol. The van der Waals surface area contributed by atoms with Crippen molar-refractivity contribution in [2.24, 2.45) is 5.73 Å². The van der Waals surface area contributed by atoms with Crippen LogP contribution in [0.4, 0.5) is 0 Å². The van der Waals surface area contributed by atoms with E-state index in [1.54, 1.807) is 11.3 Å². The van der Waals surface area contributed by atoms with Gasteiger partial charge in [0.05, 0.1) is 5.69 Å². The van der Waals surface area contributed by atoms with Gasteiger partial charge in [0.1, 0.15) is 0 Å². The Labute approximate surface area is 116 Å². The SMILES string of the molecule is Cc1ccccc1C(CN)Cc1cn2ccsc2n1. The minimum absolute atomic E-state index is 0.339. The summed E-state index contributed by atoms with van der Waals surface area (Å²) >= 11 is 1.66. The van der Waals surface area contributed by atoms with Crippen LogP contribution >= 0.6 is 11.3 Å². The van der Waals surface area contributed by atoms with Gasteiger partial charge in [0.15, 0.2) is 4.96 Å². The second-order valence-corrected chi connectivity index (χ2v) is 5.69. The molecule has 0 aliphatic rings. The number of aryl methyl sites for hydroxylation is 1. The predicted octanol–water partition coefficient (Wildman–Crippen LogP) is 2.99. The molecule has 0 aliphatic heterocycles. The molecule has 98 valence electrons. The zero-order valence-electron chi connectivity index (χ0n) is 10.9. The Kier molecular flexibility index (Phi) is 3.36. The summed E-state index contributed by atoms with van der Waals surface area (Å²) in [6.45, 7) is 2.79. The van der Waals surface area contributed by atoms with Gasteiger partial charge < -0.3 is 5.73 Å². The fraction of sp³-hybridized carbons (Fsp3) is 0.267. The summed E-state index contributed by atoms with van der Waals surface area (Å²) in [5.74, 6) is 0.339. The van der Waals surface area contributed by atoms with Crippen LogP contribution in [-0.2, 0) is 6.42 Å². The van der Waals surface area contributed by atoms with Crippen molar-refractivity contribution in [1.29, 1.82) is 0 Å². The van der Waals surface area contributed by atoms with Crippen molar-refractivity contribution in [2.45, 2.75) is 19.3 Å². The van der Waals surface area contributed by atoms with Crippen LogP contribution < -0.4 is 5.73 Å². The van der Waals surface area contributed by atoms with Gasteiger partial charge in [-0.3, -0.25) is 4.40 Å². The summed E-state index contributed by atoms with van der Waals surface area (Å²) in [6.07, 6.45) is 5.05. The quantitative estimate of drug-likeness (QED) is 0.792. The summed E-state index contributed by atoms with van der Waals surface area (Å²) in [5.41, 5.74) is 9.71. The van der Waals surface area contributed by atoms with Crippen LogP contribution in [-0.4, -0.2) is 15.9 Å². The Bertz CT molecular complexity index is 655. The molecule has 0 aliphatic carbocycles. The number of benzene rings is 1. The van der Waals surface area contributed by atoms with Crippen LogP contribution in [0.2, 0.25) is 0 Å². The highest BCUT2D eigenvalue weighted by Gasteiger charge is 2.14. The molecule has 3 rings (SSSR count). The number of aromatic nitrogens is 2. The van der Waals surface area contributed by atoms with E-state index < -0.39 is 0 Å². The normalized spacial score (nSPS) is 12.9. The molecule has 2 heterocycles. The van der Waals surface area contributed by atoms with Gasteiger partial charge in [-0.1, -0.05) is 24.3 Å². The van der Waals surface area contributed by atoms with Gasteiger partial charge in [0.25, 0.3) is 0 Å². The molecule has 19 heavy (non-hydrogen) atoms. The second kappa shape index (κ2) is 5.15. The minimum Gasteiger partial charge on any atom is -0.330 e. The molecular weight excluding hydrogens is 254 g/mol. The zero-order chi connectivity index (χ0) is 13.2. The molecule has 0 bridgehead atoms. The highest BCUT2D eigenvalue weighted by atomic mass is 32.1. The Morgan fingerprint density at radius 1 is 1.37 bits per heavy atom. The molecule has 2 aromatic heterocycles. The second-order valence-electron chi connectivity index (χ2n) is 4.82. The van der Waals surface area contributed by atoms with Crippen molar-refractivity contribution in [1.82, 2.24) is 9.38 Å². The van der Waals surface area contributed by atoms with Gasteiger partial charge in [0, 0.05) is 23.7 Å². The molecule has 1 aromatic carbocycles. The number of nitrogens with zero attached hydrogens (tertiary/aromatic N) is 2. The Hall–Kier alpha value is -1.65. The molecule has 1 unspecified atom stereocenters. The summed E-state index contributed by atoms with van der Waals surface area (Å²) in [6, 6.07) is 8.46. The van der Waals surface area contributed by atoms with E-state index >= 15 is 0 Å². The molecule has 0 radical (unpaired) electrons. The summed E-state index contributed by atoms with van der Waals surface area (Å²) in [7, 11) is 0. The maximum atomic E-state index is 5.96. The maximum absolute atomic E-state index is 5.96. The first kappa shape index (κ1) is 12.4. The molecule has 0 amide bonds. The zero-order valence-corrected chi connectivity index (χ0v) is 11.7. The minimum atomic E-state index is 0.339. The molecule has 3 nitrogen and oxygen atoms in total. The van der Waals surface area contributed by atoms with Gasteiger partial charge in [-0.15, -0.1) is 11.3 Å². The molecule has 0 saturated carbocycles. The number of nitrogens with two attached hydrogens (primary N) is 1. The first-order valence-corrected chi connectivity index (χ1v) is 7.32. The van der Waals surface area contributed by atoms with Crippen molar-refractivity contribution in [3.63, 3.8) is 0 Å². The standard InChI is InChI=1S/C15H17N3S/c1-11-4-2-3-5-14(11)12(9-16)8-13-10-18-6-7-19-15(18)17-13/h2-7,10,12H,8-9,16H2,1H3. The van der Waals surface area contributed by atoms with E-state index in [-0.39, 0.29) is 0 Å². The molecular formula is C15H17N3S. The van der Waals surface area contributed by atoms with E-state index in [4.69, 9.17) is 5.73 Å². The van der Waals surface area contributed by atoms with Gasteiger partial charge in [0.2, 0.25) is 0 Å². The predicted molar refractivity (Wildman–Crippen MR) is 79.7 cm³/mol. The van der Waals surface area contributed by atoms with E-state index in [1.165, 1.54) is 11.1 Å². The number of fused-ring (bicyclic) bond motifs is 1. The molecule has 3 aromatic rings. The lowest BCUT2D eigenvalue weighted by Gasteiger charge is -2.16. The van der Waals surface area contributed by atoms with Crippen molar-refractivity contribution in [2.75, 3.05) is 6.54 Å². The van der Waals surface area contributed by atoms with Crippen molar-refractivity contribution in [3.05, 3.63) is 58.9 Å². The number of rotatable bonds is 4. The monoisotopic (exact) mass is 271 g/mol. The highest BCUT2D eigenvalue weighted by Crippen LogP contribution is 2.23. The Morgan fingerprint density at radius 3 is 2.95 bits per heavy atom. The Morgan fingerprint density at radius 2 is 2.21 bits per heavy atom. The van der Waals surface area contributed by atoms with Crippen LogP contribution in [0.15, 0.2) is 42.0 Å². The lowest BCUT2D eigenvalue weighted by Crippen LogP contribution is -2.16. The van der Waals surface area contributed by atoms with Gasteiger partial charge in [-0.25, -0.2) is 4.98 Å². The van der Waals surface area contributed by atoms with E-state index in [9.17, 15) is 0 Å². The van der Waals surface area contributed by atoms with Crippen molar-refractivity contribution >= 4 is 16.3 Å². The number of hydrogen-bond acceptors (Lipinski definition) is 3. The first-order valence-electron chi connectivity index (χ1n) is 6.44. The van der Waals surface area contributed by atoms with Crippen LogP contribution in [0.5, 0.6) is 0 Å². The lowest BCUT2D eigenvalue weighted by molar-refractivity contribution is 0.680. The Balaban J connectivity index is 1.87. The fourth-order valence-electron chi connectivity index (χ4n) is 2.49. The van der Waals surface area contributed by atoms with Crippen LogP contribution in [0, 0.1) is 6.92 Å². The van der Waals surface area contributed by atoms with E-state index in [2.05, 4.69) is 46.8 Å². The van der Waals surface area contributed by atoms with Crippen LogP contribution in [0.25, 0.3) is 4.96 Å².